The first-order valence-electron chi connectivity index (χ1n) is 8.10. The summed E-state index contributed by atoms with van der Waals surface area (Å²) in [6.07, 6.45) is 2.02. The summed E-state index contributed by atoms with van der Waals surface area (Å²) in [6, 6.07) is 10.1. The molecule has 1 atom stereocenters. The molecule has 1 aliphatic carbocycles. The van der Waals surface area contributed by atoms with E-state index in [-0.39, 0.29) is 24.0 Å². The van der Waals surface area contributed by atoms with E-state index in [1.165, 1.54) is 12.8 Å². The number of aliphatic imine (C=N–C) groups is 1. The maximum absolute atomic E-state index is 9.91. The van der Waals surface area contributed by atoms with E-state index in [1.807, 2.05) is 37.3 Å². The SMILES string of the molecule is CCNC(=NCc1ccccc1)NCC(O)COCC1CC1.I. The first kappa shape index (κ1) is 20.2. The monoisotopic (exact) mass is 433 g/mol. The molecule has 1 aliphatic rings. The van der Waals surface area contributed by atoms with Crippen molar-refractivity contribution in [2.45, 2.75) is 32.4 Å². The molecule has 1 saturated carbocycles. The number of nitrogens with one attached hydrogen (secondary N) is 2. The van der Waals surface area contributed by atoms with Crippen molar-refractivity contribution in [1.82, 2.24) is 10.6 Å². The fraction of sp³-hybridized carbons (Fsp3) is 0.588. The van der Waals surface area contributed by atoms with Gasteiger partial charge in [-0.05, 0) is 31.2 Å². The number of hydrogen-bond donors (Lipinski definition) is 3. The Kier molecular flexibility index (Phi) is 10.2. The highest BCUT2D eigenvalue weighted by Gasteiger charge is 2.21. The quantitative estimate of drug-likeness (QED) is 0.317. The topological polar surface area (TPSA) is 65.9 Å². The largest absolute Gasteiger partial charge is 0.389 e. The van der Waals surface area contributed by atoms with E-state index in [2.05, 4.69) is 15.6 Å². The number of rotatable bonds is 9. The van der Waals surface area contributed by atoms with Crippen molar-refractivity contribution >= 4 is 29.9 Å². The fourth-order valence-electron chi connectivity index (χ4n) is 2.02. The second kappa shape index (κ2) is 11.6. The number of benzene rings is 1. The Morgan fingerprint density at radius 2 is 2.04 bits per heavy atom. The van der Waals surface area contributed by atoms with E-state index in [1.54, 1.807) is 0 Å². The van der Waals surface area contributed by atoms with E-state index < -0.39 is 6.10 Å². The molecule has 130 valence electrons. The molecule has 6 heteroatoms. The molecule has 1 fully saturated rings. The Bertz CT molecular complexity index is 452. The molecule has 1 unspecified atom stereocenters. The second-order valence-electron chi connectivity index (χ2n) is 5.70. The van der Waals surface area contributed by atoms with Crippen LogP contribution in [0.25, 0.3) is 0 Å². The van der Waals surface area contributed by atoms with Gasteiger partial charge in [0.15, 0.2) is 5.96 Å². The summed E-state index contributed by atoms with van der Waals surface area (Å²) in [4.78, 5) is 4.52. The number of aliphatic hydroxyl groups is 1. The summed E-state index contributed by atoms with van der Waals surface area (Å²) < 4.78 is 5.49. The van der Waals surface area contributed by atoms with Gasteiger partial charge in [0.2, 0.25) is 0 Å². The number of nitrogens with zero attached hydrogens (tertiary/aromatic N) is 1. The Labute approximate surface area is 155 Å². The highest BCUT2D eigenvalue weighted by atomic mass is 127. The summed E-state index contributed by atoms with van der Waals surface area (Å²) in [5.41, 5.74) is 1.16. The zero-order valence-corrected chi connectivity index (χ0v) is 16.0. The minimum atomic E-state index is -0.515. The zero-order chi connectivity index (χ0) is 15.6. The molecule has 5 nitrogen and oxygen atoms in total. The van der Waals surface area contributed by atoms with E-state index in [0.29, 0.717) is 25.7 Å². The van der Waals surface area contributed by atoms with Gasteiger partial charge in [-0.2, -0.15) is 0 Å². The van der Waals surface area contributed by atoms with Gasteiger partial charge < -0.3 is 20.5 Å². The van der Waals surface area contributed by atoms with Crippen molar-refractivity contribution in [3.05, 3.63) is 35.9 Å². The van der Waals surface area contributed by atoms with Crippen LogP contribution in [0.2, 0.25) is 0 Å². The Balaban J connectivity index is 0.00000264. The molecule has 1 aromatic rings. The predicted molar refractivity (Wildman–Crippen MR) is 104 cm³/mol. The Morgan fingerprint density at radius 1 is 1.30 bits per heavy atom. The van der Waals surface area contributed by atoms with Crippen LogP contribution in [0, 0.1) is 5.92 Å². The van der Waals surface area contributed by atoms with Gasteiger partial charge in [-0.15, -0.1) is 24.0 Å². The van der Waals surface area contributed by atoms with Gasteiger partial charge in [-0.1, -0.05) is 30.3 Å². The van der Waals surface area contributed by atoms with Gasteiger partial charge in [0.05, 0.1) is 19.3 Å². The van der Waals surface area contributed by atoms with Gasteiger partial charge >= 0.3 is 0 Å². The highest BCUT2D eigenvalue weighted by Crippen LogP contribution is 2.28. The van der Waals surface area contributed by atoms with Crippen LogP contribution in [0.4, 0.5) is 0 Å². The third-order valence-electron chi connectivity index (χ3n) is 3.47. The van der Waals surface area contributed by atoms with Gasteiger partial charge in [0.1, 0.15) is 0 Å². The van der Waals surface area contributed by atoms with Crippen molar-refractivity contribution in [1.29, 1.82) is 0 Å². The maximum atomic E-state index is 9.91. The Hall–Kier alpha value is -0.860. The van der Waals surface area contributed by atoms with Crippen LogP contribution in [-0.4, -0.2) is 43.5 Å². The van der Waals surface area contributed by atoms with Crippen molar-refractivity contribution in [3.8, 4) is 0 Å². The maximum Gasteiger partial charge on any atom is 0.191 e. The van der Waals surface area contributed by atoms with Crippen LogP contribution in [0.5, 0.6) is 0 Å². The van der Waals surface area contributed by atoms with Crippen LogP contribution in [0.3, 0.4) is 0 Å². The first-order valence-corrected chi connectivity index (χ1v) is 8.10. The van der Waals surface area contributed by atoms with Crippen molar-refractivity contribution < 1.29 is 9.84 Å². The number of halogens is 1. The average Bonchev–Trinajstić information content (AvgIpc) is 3.35. The normalized spacial score (nSPS) is 15.7. The number of hydrogen-bond acceptors (Lipinski definition) is 3. The molecule has 3 N–H and O–H groups in total. The summed E-state index contributed by atoms with van der Waals surface area (Å²) in [6.45, 7) is 5.01. The van der Waals surface area contributed by atoms with E-state index in [9.17, 15) is 5.11 Å². The van der Waals surface area contributed by atoms with Gasteiger partial charge in [-0.3, -0.25) is 0 Å². The highest BCUT2D eigenvalue weighted by molar-refractivity contribution is 14.0. The molecule has 0 aromatic heterocycles. The van der Waals surface area contributed by atoms with Crippen LogP contribution in [0.1, 0.15) is 25.3 Å². The second-order valence-corrected chi connectivity index (χ2v) is 5.70. The summed E-state index contributed by atoms with van der Waals surface area (Å²) in [5.74, 6) is 1.44. The molecular formula is C17H28IN3O2. The van der Waals surface area contributed by atoms with Crippen LogP contribution in [-0.2, 0) is 11.3 Å². The first-order chi connectivity index (χ1) is 10.8. The van der Waals surface area contributed by atoms with Gasteiger partial charge in [0.25, 0.3) is 0 Å². The lowest BCUT2D eigenvalue weighted by Crippen LogP contribution is -2.42. The smallest absolute Gasteiger partial charge is 0.191 e. The molecule has 23 heavy (non-hydrogen) atoms. The predicted octanol–water partition coefficient (Wildman–Crippen LogP) is 2.15. The molecule has 2 rings (SSSR count). The number of aliphatic hydroxyl groups excluding tert-OH is 1. The van der Waals surface area contributed by atoms with Gasteiger partial charge in [0, 0.05) is 19.7 Å². The van der Waals surface area contributed by atoms with Crippen molar-refractivity contribution in [2.75, 3.05) is 26.3 Å². The third kappa shape index (κ3) is 9.12. The zero-order valence-electron chi connectivity index (χ0n) is 13.7. The molecule has 0 saturated heterocycles. The third-order valence-corrected chi connectivity index (χ3v) is 3.47. The number of ether oxygens (including phenoxy) is 1. The molecule has 0 aliphatic heterocycles. The average molecular weight is 433 g/mol. The van der Waals surface area contributed by atoms with Gasteiger partial charge in [-0.25, -0.2) is 4.99 Å². The van der Waals surface area contributed by atoms with E-state index >= 15 is 0 Å². The number of guanidine groups is 1. The Morgan fingerprint density at radius 3 is 2.70 bits per heavy atom. The lowest BCUT2D eigenvalue weighted by Gasteiger charge is -2.15. The van der Waals surface area contributed by atoms with Crippen LogP contribution in [0.15, 0.2) is 35.3 Å². The van der Waals surface area contributed by atoms with E-state index in [4.69, 9.17) is 4.74 Å². The molecule has 0 bridgehead atoms. The molecular weight excluding hydrogens is 405 g/mol. The molecule has 0 amide bonds. The molecule has 0 spiro atoms. The molecule has 0 heterocycles. The summed E-state index contributed by atoms with van der Waals surface area (Å²) in [7, 11) is 0. The van der Waals surface area contributed by atoms with Crippen LogP contribution >= 0.6 is 24.0 Å². The van der Waals surface area contributed by atoms with E-state index in [0.717, 1.165) is 24.6 Å². The van der Waals surface area contributed by atoms with Crippen molar-refractivity contribution in [2.24, 2.45) is 10.9 Å². The van der Waals surface area contributed by atoms with Crippen molar-refractivity contribution in [3.63, 3.8) is 0 Å². The summed E-state index contributed by atoms with van der Waals surface area (Å²) in [5, 5.41) is 16.2. The van der Waals surface area contributed by atoms with Crippen LogP contribution < -0.4 is 10.6 Å². The lowest BCUT2D eigenvalue weighted by atomic mass is 10.2. The molecule has 1 aromatic carbocycles. The minimum absolute atomic E-state index is 0. The standard InChI is InChI=1S/C17H27N3O2.HI/c1-2-18-17(19-10-14-6-4-3-5-7-14)20-11-16(21)13-22-12-15-8-9-15;/h3-7,15-16,21H,2,8-13H2,1H3,(H2,18,19,20);1H. The lowest BCUT2D eigenvalue weighted by molar-refractivity contribution is 0.0345. The minimum Gasteiger partial charge on any atom is -0.389 e. The fourth-order valence-corrected chi connectivity index (χ4v) is 2.02. The summed E-state index contributed by atoms with van der Waals surface area (Å²) >= 11 is 0. The molecule has 0 radical (unpaired) electrons.